The second-order valence-electron chi connectivity index (χ2n) is 5.46. The van der Waals surface area contributed by atoms with Crippen LogP contribution in [0.3, 0.4) is 0 Å². The SMILES string of the molecule is COc1ccc(N2C(=O)[C@H](C)[C@@H]2/C=C/c2ccccc2)cc1. The number of carbonyl (C=O) groups is 1. The van der Waals surface area contributed by atoms with E-state index < -0.39 is 0 Å². The molecule has 1 heterocycles. The van der Waals surface area contributed by atoms with E-state index in [0.717, 1.165) is 17.0 Å². The molecule has 2 atom stereocenters. The summed E-state index contributed by atoms with van der Waals surface area (Å²) in [5, 5.41) is 0. The van der Waals surface area contributed by atoms with Crippen molar-refractivity contribution >= 4 is 17.7 Å². The monoisotopic (exact) mass is 293 g/mol. The molecular formula is C19H19NO2. The van der Waals surface area contributed by atoms with Crippen molar-refractivity contribution < 1.29 is 9.53 Å². The Morgan fingerprint density at radius 2 is 1.73 bits per heavy atom. The van der Waals surface area contributed by atoms with Crippen LogP contribution in [0.1, 0.15) is 12.5 Å². The van der Waals surface area contributed by atoms with Crippen LogP contribution in [-0.4, -0.2) is 19.1 Å². The molecule has 1 saturated heterocycles. The molecular weight excluding hydrogens is 274 g/mol. The van der Waals surface area contributed by atoms with Gasteiger partial charge in [0.15, 0.2) is 0 Å². The fraction of sp³-hybridized carbons (Fsp3) is 0.211. The van der Waals surface area contributed by atoms with Gasteiger partial charge in [-0.3, -0.25) is 4.79 Å². The Hall–Kier alpha value is -2.55. The first kappa shape index (κ1) is 14.4. The molecule has 22 heavy (non-hydrogen) atoms. The van der Waals surface area contributed by atoms with Gasteiger partial charge in [0.2, 0.25) is 5.91 Å². The highest BCUT2D eigenvalue weighted by Crippen LogP contribution is 2.34. The molecule has 1 amide bonds. The number of β-lactam (4-membered cyclic amide) rings is 1. The highest BCUT2D eigenvalue weighted by atomic mass is 16.5. The lowest BCUT2D eigenvalue weighted by Gasteiger charge is -2.44. The quantitative estimate of drug-likeness (QED) is 0.803. The van der Waals surface area contributed by atoms with Crippen molar-refractivity contribution in [2.24, 2.45) is 5.92 Å². The summed E-state index contributed by atoms with van der Waals surface area (Å²) in [6, 6.07) is 17.8. The van der Waals surface area contributed by atoms with Gasteiger partial charge in [-0.1, -0.05) is 49.4 Å². The van der Waals surface area contributed by atoms with Gasteiger partial charge in [0.1, 0.15) is 5.75 Å². The minimum absolute atomic E-state index is 0.0158. The van der Waals surface area contributed by atoms with Gasteiger partial charge in [0.05, 0.1) is 19.1 Å². The number of methoxy groups -OCH3 is 1. The van der Waals surface area contributed by atoms with Crippen molar-refractivity contribution in [3.63, 3.8) is 0 Å². The number of nitrogens with zero attached hydrogens (tertiary/aromatic N) is 1. The van der Waals surface area contributed by atoms with E-state index in [9.17, 15) is 4.79 Å². The molecule has 3 heteroatoms. The van der Waals surface area contributed by atoms with Crippen molar-refractivity contribution in [1.29, 1.82) is 0 Å². The molecule has 0 spiro atoms. The number of hydrogen-bond donors (Lipinski definition) is 0. The predicted molar refractivity (Wildman–Crippen MR) is 88.9 cm³/mol. The summed E-state index contributed by atoms with van der Waals surface area (Å²) >= 11 is 0. The summed E-state index contributed by atoms with van der Waals surface area (Å²) in [4.78, 5) is 14.0. The summed E-state index contributed by atoms with van der Waals surface area (Å²) in [7, 11) is 1.64. The molecule has 0 aromatic heterocycles. The van der Waals surface area contributed by atoms with Crippen LogP contribution in [0.4, 0.5) is 5.69 Å². The van der Waals surface area contributed by atoms with Crippen molar-refractivity contribution in [3.05, 3.63) is 66.2 Å². The molecule has 2 aromatic carbocycles. The molecule has 0 saturated carbocycles. The third kappa shape index (κ3) is 2.62. The van der Waals surface area contributed by atoms with Crippen LogP contribution < -0.4 is 9.64 Å². The Morgan fingerprint density at radius 1 is 1.05 bits per heavy atom. The van der Waals surface area contributed by atoms with Gasteiger partial charge in [-0.05, 0) is 29.8 Å². The van der Waals surface area contributed by atoms with E-state index in [2.05, 4.69) is 24.3 Å². The molecule has 1 fully saturated rings. The van der Waals surface area contributed by atoms with Gasteiger partial charge < -0.3 is 9.64 Å². The lowest BCUT2D eigenvalue weighted by Crippen LogP contribution is -2.59. The second-order valence-corrected chi connectivity index (χ2v) is 5.46. The summed E-state index contributed by atoms with van der Waals surface area (Å²) in [5.41, 5.74) is 2.05. The molecule has 112 valence electrons. The lowest BCUT2D eigenvalue weighted by molar-refractivity contribution is -0.128. The fourth-order valence-electron chi connectivity index (χ4n) is 2.72. The number of benzene rings is 2. The Bertz CT molecular complexity index is 676. The molecule has 0 radical (unpaired) electrons. The average molecular weight is 293 g/mol. The zero-order chi connectivity index (χ0) is 15.5. The van der Waals surface area contributed by atoms with E-state index in [0.29, 0.717) is 0 Å². The van der Waals surface area contributed by atoms with Crippen LogP contribution >= 0.6 is 0 Å². The van der Waals surface area contributed by atoms with Crippen molar-refractivity contribution in [2.45, 2.75) is 13.0 Å². The van der Waals surface area contributed by atoms with Gasteiger partial charge in [-0.2, -0.15) is 0 Å². The molecule has 2 aromatic rings. The molecule has 0 aliphatic carbocycles. The summed E-state index contributed by atoms with van der Waals surface area (Å²) < 4.78 is 5.16. The topological polar surface area (TPSA) is 29.5 Å². The molecule has 3 nitrogen and oxygen atoms in total. The predicted octanol–water partition coefficient (Wildman–Crippen LogP) is 3.76. The molecule has 1 aliphatic rings. The van der Waals surface area contributed by atoms with E-state index in [-0.39, 0.29) is 17.9 Å². The number of amides is 1. The Morgan fingerprint density at radius 3 is 2.36 bits per heavy atom. The fourth-order valence-corrected chi connectivity index (χ4v) is 2.72. The van der Waals surface area contributed by atoms with E-state index >= 15 is 0 Å². The van der Waals surface area contributed by atoms with Gasteiger partial charge in [0, 0.05) is 5.69 Å². The summed E-state index contributed by atoms with van der Waals surface area (Å²) in [6.45, 7) is 1.97. The third-order valence-electron chi connectivity index (χ3n) is 4.07. The Kier molecular flexibility index (Phi) is 3.96. The minimum atomic E-state index is 0.0158. The third-order valence-corrected chi connectivity index (χ3v) is 4.07. The first-order valence-electron chi connectivity index (χ1n) is 7.41. The molecule has 3 rings (SSSR count). The molecule has 1 aliphatic heterocycles. The summed E-state index contributed by atoms with van der Waals surface area (Å²) in [6.07, 6.45) is 4.18. The van der Waals surface area contributed by atoms with Crippen LogP contribution in [0.15, 0.2) is 60.7 Å². The van der Waals surface area contributed by atoms with Gasteiger partial charge in [-0.15, -0.1) is 0 Å². The van der Waals surface area contributed by atoms with Crippen LogP contribution in [0.2, 0.25) is 0 Å². The highest BCUT2D eigenvalue weighted by molar-refractivity contribution is 6.03. The van der Waals surface area contributed by atoms with Crippen molar-refractivity contribution in [3.8, 4) is 5.75 Å². The Balaban J connectivity index is 1.80. The minimum Gasteiger partial charge on any atom is -0.497 e. The first-order valence-corrected chi connectivity index (χ1v) is 7.41. The normalized spacial score (nSPS) is 21.0. The van der Waals surface area contributed by atoms with E-state index in [4.69, 9.17) is 4.74 Å². The highest BCUT2D eigenvalue weighted by Gasteiger charge is 2.43. The van der Waals surface area contributed by atoms with Crippen LogP contribution in [0, 0.1) is 5.92 Å². The largest absolute Gasteiger partial charge is 0.497 e. The standard InChI is InChI=1S/C19H19NO2/c1-14-18(13-8-15-6-4-3-5-7-15)20(19(14)21)16-9-11-17(22-2)12-10-16/h3-14,18H,1-2H3/b13-8+/t14-,18+/m1/s1. The lowest BCUT2D eigenvalue weighted by atomic mass is 9.87. The maximum atomic E-state index is 12.2. The maximum absolute atomic E-state index is 12.2. The van der Waals surface area contributed by atoms with Crippen molar-refractivity contribution in [2.75, 3.05) is 12.0 Å². The van der Waals surface area contributed by atoms with Gasteiger partial charge in [-0.25, -0.2) is 0 Å². The number of anilines is 1. The Labute approximate surface area is 130 Å². The van der Waals surface area contributed by atoms with Crippen LogP contribution in [0.25, 0.3) is 6.08 Å². The van der Waals surface area contributed by atoms with Crippen LogP contribution in [0.5, 0.6) is 5.75 Å². The first-order chi connectivity index (χ1) is 10.7. The maximum Gasteiger partial charge on any atom is 0.232 e. The molecule has 0 N–H and O–H groups in total. The van der Waals surface area contributed by atoms with Crippen molar-refractivity contribution in [1.82, 2.24) is 0 Å². The molecule has 0 bridgehead atoms. The van der Waals surface area contributed by atoms with Gasteiger partial charge >= 0.3 is 0 Å². The van der Waals surface area contributed by atoms with E-state index in [1.54, 1.807) is 7.11 Å². The van der Waals surface area contributed by atoms with E-state index in [1.165, 1.54) is 0 Å². The molecule has 0 unspecified atom stereocenters. The number of ether oxygens (including phenoxy) is 1. The second kappa shape index (κ2) is 6.06. The number of rotatable bonds is 4. The number of hydrogen-bond acceptors (Lipinski definition) is 2. The zero-order valence-electron chi connectivity index (χ0n) is 12.8. The zero-order valence-corrected chi connectivity index (χ0v) is 12.8. The van der Waals surface area contributed by atoms with Gasteiger partial charge in [0.25, 0.3) is 0 Å². The average Bonchev–Trinajstić information content (AvgIpc) is 2.59. The van der Waals surface area contributed by atoms with E-state index in [1.807, 2.05) is 54.3 Å². The smallest absolute Gasteiger partial charge is 0.232 e. The van der Waals surface area contributed by atoms with Crippen LogP contribution in [-0.2, 0) is 4.79 Å². The summed E-state index contributed by atoms with van der Waals surface area (Å²) in [5.74, 6) is 0.969. The number of carbonyl (C=O) groups excluding carboxylic acids is 1.